The van der Waals surface area contributed by atoms with Gasteiger partial charge in [-0.25, -0.2) is 0 Å². The summed E-state index contributed by atoms with van der Waals surface area (Å²) < 4.78 is 0. The number of rotatable bonds is 6. The number of hydrogen-bond donors (Lipinski definition) is 1. The molecule has 1 N–H and O–H groups in total. The lowest BCUT2D eigenvalue weighted by Crippen LogP contribution is -2.02. The van der Waals surface area contributed by atoms with E-state index in [9.17, 15) is 0 Å². The summed E-state index contributed by atoms with van der Waals surface area (Å²) in [6.45, 7) is 1.11. The third-order valence-electron chi connectivity index (χ3n) is 3.20. The molecule has 0 saturated carbocycles. The first-order chi connectivity index (χ1) is 7.90. The largest absolute Gasteiger partial charge is 0.385 e. The van der Waals surface area contributed by atoms with Gasteiger partial charge in [0.05, 0.1) is 0 Å². The molecule has 0 atom stereocenters. The van der Waals surface area contributed by atoms with Crippen LogP contribution in [0.2, 0.25) is 0 Å². The lowest BCUT2D eigenvalue weighted by molar-refractivity contribution is 0.843. The number of nitrogens with one attached hydrogen (secondary N) is 1. The molecule has 2 rings (SSSR count). The van der Waals surface area contributed by atoms with E-state index in [0.717, 1.165) is 6.54 Å². The smallest absolute Gasteiger partial charge is 0.0343 e. The first-order valence-electron chi connectivity index (χ1n) is 6.25. The Labute approximate surface area is 103 Å². The van der Waals surface area contributed by atoms with Crippen LogP contribution in [0.5, 0.6) is 0 Å². The molecule has 0 aromatic heterocycles. The molecule has 1 aliphatic carbocycles. The number of benzene rings is 1. The Bertz CT molecular complexity index is 336. The molecular weight excluding hydrogens is 214 g/mol. The van der Waals surface area contributed by atoms with Gasteiger partial charge in [0, 0.05) is 12.2 Å². The van der Waals surface area contributed by atoms with Crippen molar-refractivity contribution in [2.75, 3.05) is 23.9 Å². The highest BCUT2D eigenvalue weighted by Crippen LogP contribution is 2.24. The number of thioether (sulfide) groups is 1. The highest BCUT2D eigenvalue weighted by atomic mass is 32.2. The molecule has 2 heteroatoms. The Balaban J connectivity index is 1.77. The minimum Gasteiger partial charge on any atom is -0.385 e. The van der Waals surface area contributed by atoms with Crippen molar-refractivity contribution < 1.29 is 0 Å². The lowest BCUT2D eigenvalue weighted by Gasteiger charge is -2.08. The molecule has 0 radical (unpaired) electrons. The molecule has 88 valence electrons. The second kappa shape index (κ2) is 6.19. The zero-order valence-electron chi connectivity index (χ0n) is 10.1. The van der Waals surface area contributed by atoms with Crippen LogP contribution in [-0.4, -0.2) is 18.6 Å². The normalized spacial score (nSPS) is 13.8. The summed E-state index contributed by atoms with van der Waals surface area (Å²) >= 11 is 1.94. The third-order valence-corrected chi connectivity index (χ3v) is 3.90. The average molecular weight is 235 g/mol. The molecule has 0 unspecified atom stereocenters. The van der Waals surface area contributed by atoms with E-state index >= 15 is 0 Å². The van der Waals surface area contributed by atoms with E-state index in [2.05, 4.69) is 29.8 Å². The van der Waals surface area contributed by atoms with E-state index < -0.39 is 0 Å². The van der Waals surface area contributed by atoms with Gasteiger partial charge in [0.15, 0.2) is 0 Å². The molecule has 1 aromatic carbocycles. The van der Waals surface area contributed by atoms with Crippen molar-refractivity contribution in [2.45, 2.75) is 32.1 Å². The van der Waals surface area contributed by atoms with Gasteiger partial charge in [-0.05, 0) is 67.4 Å². The molecule has 16 heavy (non-hydrogen) atoms. The Morgan fingerprint density at radius 3 is 2.94 bits per heavy atom. The van der Waals surface area contributed by atoms with Crippen molar-refractivity contribution in [1.82, 2.24) is 0 Å². The zero-order valence-corrected chi connectivity index (χ0v) is 10.9. The lowest BCUT2D eigenvalue weighted by atomic mass is 10.1. The predicted molar refractivity (Wildman–Crippen MR) is 74.6 cm³/mol. The maximum absolute atomic E-state index is 3.52. The van der Waals surface area contributed by atoms with Crippen molar-refractivity contribution in [3.05, 3.63) is 29.3 Å². The van der Waals surface area contributed by atoms with Gasteiger partial charge in [0.25, 0.3) is 0 Å². The monoisotopic (exact) mass is 235 g/mol. The molecule has 0 heterocycles. The molecule has 0 saturated heterocycles. The van der Waals surface area contributed by atoms with Gasteiger partial charge < -0.3 is 5.32 Å². The summed E-state index contributed by atoms with van der Waals surface area (Å²) in [6, 6.07) is 6.88. The second-order valence-electron chi connectivity index (χ2n) is 4.46. The van der Waals surface area contributed by atoms with E-state index in [0.29, 0.717) is 0 Å². The summed E-state index contributed by atoms with van der Waals surface area (Å²) in [5.41, 5.74) is 4.44. The van der Waals surface area contributed by atoms with Crippen LogP contribution < -0.4 is 5.32 Å². The summed E-state index contributed by atoms with van der Waals surface area (Å²) in [7, 11) is 0. The van der Waals surface area contributed by atoms with Gasteiger partial charge in [-0.1, -0.05) is 6.07 Å². The fourth-order valence-corrected chi connectivity index (χ4v) is 2.78. The standard InChI is InChI=1S/C14H21NS/c1-16-10-3-2-9-15-14-8-7-12-5-4-6-13(12)11-14/h7-8,11,15H,2-6,9-10H2,1H3. The van der Waals surface area contributed by atoms with Crippen LogP contribution in [0.15, 0.2) is 18.2 Å². The van der Waals surface area contributed by atoms with Gasteiger partial charge in [0.2, 0.25) is 0 Å². The van der Waals surface area contributed by atoms with E-state index in [1.807, 2.05) is 11.8 Å². The van der Waals surface area contributed by atoms with Gasteiger partial charge in [0.1, 0.15) is 0 Å². The molecule has 0 fully saturated rings. The number of aryl methyl sites for hydroxylation is 2. The number of fused-ring (bicyclic) bond motifs is 1. The van der Waals surface area contributed by atoms with Crippen molar-refractivity contribution in [3.63, 3.8) is 0 Å². The first-order valence-corrected chi connectivity index (χ1v) is 7.64. The quantitative estimate of drug-likeness (QED) is 0.754. The summed E-state index contributed by atoms with van der Waals surface area (Å²) in [4.78, 5) is 0. The van der Waals surface area contributed by atoms with E-state index in [4.69, 9.17) is 0 Å². The maximum atomic E-state index is 3.52. The fourth-order valence-electron chi connectivity index (χ4n) is 2.29. The molecule has 0 amide bonds. The SMILES string of the molecule is CSCCCCNc1ccc2c(c1)CCC2. The highest BCUT2D eigenvalue weighted by molar-refractivity contribution is 7.98. The molecule has 0 spiro atoms. The molecule has 0 bridgehead atoms. The molecule has 0 aliphatic heterocycles. The van der Waals surface area contributed by atoms with Crippen LogP contribution in [0.3, 0.4) is 0 Å². The van der Waals surface area contributed by atoms with Crippen LogP contribution in [0.1, 0.15) is 30.4 Å². The molecule has 1 nitrogen and oxygen atoms in total. The third kappa shape index (κ3) is 3.18. The maximum Gasteiger partial charge on any atom is 0.0343 e. The fraction of sp³-hybridized carbons (Fsp3) is 0.571. The minimum absolute atomic E-state index is 1.11. The van der Waals surface area contributed by atoms with Gasteiger partial charge in [-0.3, -0.25) is 0 Å². The van der Waals surface area contributed by atoms with Gasteiger partial charge in [-0.15, -0.1) is 0 Å². The first kappa shape index (κ1) is 11.8. The topological polar surface area (TPSA) is 12.0 Å². The van der Waals surface area contributed by atoms with Crippen molar-refractivity contribution >= 4 is 17.4 Å². The molecule has 1 aromatic rings. The van der Waals surface area contributed by atoms with Crippen LogP contribution in [0.25, 0.3) is 0 Å². The summed E-state index contributed by atoms with van der Waals surface area (Å²) in [6.07, 6.45) is 8.66. The van der Waals surface area contributed by atoms with Gasteiger partial charge in [-0.2, -0.15) is 11.8 Å². The Morgan fingerprint density at radius 1 is 1.19 bits per heavy atom. The Hall–Kier alpha value is -0.630. The van der Waals surface area contributed by atoms with E-state index in [-0.39, 0.29) is 0 Å². The van der Waals surface area contributed by atoms with Crippen LogP contribution in [0.4, 0.5) is 5.69 Å². The van der Waals surface area contributed by atoms with Crippen molar-refractivity contribution in [1.29, 1.82) is 0 Å². The van der Waals surface area contributed by atoms with Crippen LogP contribution >= 0.6 is 11.8 Å². The predicted octanol–water partition coefficient (Wildman–Crippen LogP) is 3.73. The Morgan fingerprint density at radius 2 is 2.06 bits per heavy atom. The Kier molecular flexibility index (Phi) is 4.58. The van der Waals surface area contributed by atoms with Crippen LogP contribution in [-0.2, 0) is 12.8 Å². The zero-order chi connectivity index (χ0) is 11.2. The molecule has 1 aliphatic rings. The summed E-state index contributed by atoms with van der Waals surface area (Å²) in [5.74, 6) is 1.28. The summed E-state index contributed by atoms with van der Waals surface area (Å²) in [5, 5.41) is 3.52. The van der Waals surface area contributed by atoms with Crippen LogP contribution in [0, 0.1) is 0 Å². The van der Waals surface area contributed by atoms with E-state index in [1.165, 1.54) is 43.5 Å². The second-order valence-corrected chi connectivity index (χ2v) is 5.45. The van der Waals surface area contributed by atoms with Crippen molar-refractivity contribution in [3.8, 4) is 0 Å². The van der Waals surface area contributed by atoms with Gasteiger partial charge >= 0.3 is 0 Å². The number of hydrogen-bond acceptors (Lipinski definition) is 2. The highest BCUT2D eigenvalue weighted by Gasteiger charge is 2.10. The number of unbranched alkanes of at least 4 members (excludes halogenated alkanes) is 1. The number of anilines is 1. The van der Waals surface area contributed by atoms with Crippen molar-refractivity contribution in [2.24, 2.45) is 0 Å². The minimum atomic E-state index is 1.11. The van der Waals surface area contributed by atoms with E-state index in [1.54, 1.807) is 11.1 Å². The average Bonchev–Trinajstić information content (AvgIpc) is 2.76. The molecular formula is C14H21NS.